The number of fused-ring (bicyclic) bond motifs is 3. The Morgan fingerprint density at radius 1 is 1.29 bits per heavy atom. The smallest absolute Gasteiger partial charge is 0.307 e. The highest BCUT2D eigenvalue weighted by atomic mass is 19.1. The highest BCUT2D eigenvalue weighted by Crippen LogP contribution is 2.63. The highest BCUT2D eigenvalue weighted by molar-refractivity contribution is 5.77. The lowest BCUT2D eigenvalue weighted by Gasteiger charge is -2.22. The molecule has 4 heteroatoms. The second kappa shape index (κ2) is 3.28. The number of hydrogen-bond donors (Lipinski definition) is 1. The SMILES string of the molecule is CC1C[C@@H]2C(C(=O)O)[C@@H]2c2c(F)ccc(F)c21. The van der Waals surface area contributed by atoms with Gasteiger partial charge in [-0.1, -0.05) is 6.92 Å². The molecule has 0 bridgehead atoms. The second-order valence-corrected chi connectivity index (χ2v) is 5.05. The number of aliphatic carboxylic acids is 1. The molecule has 1 aromatic rings. The van der Waals surface area contributed by atoms with Crippen molar-refractivity contribution in [3.63, 3.8) is 0 Å². The fourth-order valence-electron chi connectivity index (χ4n) is 3.35. The molecule has 1 aromatic carbocycles. The van der Waals surface area contributed by atoms with Gasteiger partial charge >= 0.3 is 5.97 Å². The number of halogens is 2. The van der Waals surface area contributed by atoms with Crippen LogP contribution in [0.2, 0.25) is 0 Å². The maximum atomic E-state index is 13.8. The number of carbonyl (C=O) groups is 1. The van der Waals surface area contributed by atoms with Crippen molar-refractivity contribution in [2.45, 2.75) is 25.2 Å². The lowest BCUT2D eigenvalue weighted by Crippen LogP contribution is -2.10. The van der Waals surface area contributed by atoms with Crippen molar-refractivity contribution in [2.24, 2.45) is 11.8 Å². The van der Waals surface area contributed by atoms with E-state index in [9.17, 15) is 13.6 Å². The molecule has 1 fully saturated rings. The molecule has 0 aliphatic heterocycles. The summed E-state index contributed by atoms with van der Waals surface area (Å²) in [5.74, 6) is -2.76. The Balaban J connectivity index is 2.15. The van der Waals surface area contributed by atoms with E-state index in [-0.39, 0.29) is 17.8 Å². The number of benzene rings is 1. The molecule has 0 saturated heterocycles. The van der Waals surface area contributed by atoms with Crippen LogP contribution in [0, 0.1) is 23.5 Å². The van der Waals surface area contributed by atoms with Gasteiger partial charge in [0.1, 0.15) is 11.6 Å². The summed E-state index contributed by atoms with van der Waals surface area (Å²) in [6.45, 7) is 1.83. The third-order valence-electron chi connectivity index (χ3n) is 4.09. The van der Waals surface area contributed by atoms with Crippen molar-refractivity contribution in [1.82, 2.24) is 0 Å². The van der Waals surface area contributed by atoms with Gasteiger partial charge in [-0.05, 0) is 41.5 Å². The predicted molar refractivity (Wildman–Crippen MR) is 56.7 cm³/mol. The minimum Gasteiger partial charge on any atom is -0.481 e. The molecule has 2 nitrogen and oxygen atoms in total. The van der Waals surface area contributed by atoms with Gasteiger partial charge in [-0.25, -0.2) is 8.78 Å². The predicted octanol–water partition coefficient (Wildman–Crippen LogP) is 2.89. The lowest BCUT2D eigenvalue weighted by atomic mass is 9.83. The molecule has 3 rings (SSSR count). The monoisotopic (exact) mass is 238 g/mol. The summed E-state index contributed by atoms with van der Waals surface area (Å²) in [7, 11) is 0. The molecule has 1 saturated carbocycles. The Morgan fingerprint density at radius 3 is 2.47 bits per heavy atom. The molecule has 90 valence electrons. The third-order valence-corrected chi connectivity index (χ3v) is 4.09. The van der Waals surface area contributed by atoms with Gasteiger partial charge in [-0.3, -0.25) is 4.79 Å². The van der Waals surface area contributed by atoms with E-state index in [0.29, 0.717) is 17.5 Å². The van der Waals surface area contributed by atoms with E-state index in [1.165, 1.54) is 0 Å². The van der Waals surface area contributed by atoms with Crippen molar-refractivity contribution < 1.29 is 18.7 Å². The maximum Gasteiger partial charge on any atom is 0.307 e. The fraction of sp³-hybridized carbons (Fsp3) is 0.462. The Morgan fingerprint density at radius 2 is 1.88 bits per heavy atom. The number of carboxylic acids is 1. The molecule has 1 N–H and O–H groups in total. The average Bonchev–Trinajstić information content (AvgIpc) is 2.96. The van der Waals surface area contributed by atoms with Gasteiger partial charge < -0.3 is 5.11 Å². The first-order valence-corrected chi connectivity index (χ1v) is 5.73. The van der Waals surface area contributed by atoms with Crippen LogP contribution in [0.15, 0.2) is 12.1 Å². The molecule has 0 heterocycles. The van der Waals surface area contributed by atoms with E-state index in [4.69, 9.17) is 5.11 Å². The van der Waals surface area contributed by atoms with E-state index in [1.54, 1.807) is 0 Å². The number of rotatable bonds is 1. The van der Waals surface area contributed by atoms with E-state index in [1.807, 2.05) is 6.92 Å². The molecule has 2 aliphatic carbocycles. The topological polar surface area (TPSA) is 37.3 Å². The summed E-state index contributed by atoms with van der Waals surface area (Å²) in [6, 6.07) is 2.23. The molecule has 2 aliphatic rings. The highest BCUT2D eigenvalue weighted by Gasteiger charge is 2.60. The maximum absolute atomic E-state index is 13.8. The summed E-state index contributed by atoms with van der Waals surface area (Å²) >= 11 is 0. The Bertz CT molecular complexity index is 512. The van der Waals surface area contributed by atoms with Crippen molar-refractivity contribution in [2.75, 3.05) is 0 Å². The molecule has 17 heavy (non-hydrogen) atoms. The molecule has 0 spiro atoms. The Hall–Kier alpha value is -1.45. The number of carboxylic acid groups (broad SMARTS) is 1. The largest absolute Gasteiger partial charge is 0.481 e. The van der Waals surface area contributed by atoms with E-state index >= 15 is 0 Å². The molecular weight excluding hydrogens is 226 g/mol. The summed E-state index contributed by atoms with van der Waals surface area (Å²) in [5, 5.41) is 9.04. The zero-order valence-electron chi connectivity index (χ0n) is 9.28. The summed E-state index contributed by atoms with van der Waals surface area (Å²) in [5.41, 5.74) is 0.691. The van der Waals surface area contributed by atoms with Crippen LogP contribution >= 0.6 is 0 Å². The van der Waals surface area contributed by atoms with Gasteiger partial charge in [0, 0.05) is 5.92 Å². The van der Waals surface area contributed by atoms with Crippen LogP contribution in [0.3, 0.4) is 0 Å². The standard InChI is InChI=1S/C13H12F2O2/c1-5-4-6-10(11(6)13(16)17)12-8(15)3-2-7(14)9(5)12/h2-3,5-6,10-11H,4H2,1H3,(H,16,17)/t5?,6-,10+,11?/m0/s1. The first-order valence-electron chi connectivity index (χ1n) is 5.73. The number of hydrogen-bond acceptors (Lipinski definition) is 1. The Kier molecular flexibility index (Phi) is 2.06. The van der Waals surface area contributed by atoms with Gasteiger partial charge in [0.25, 0.3) is 0 Å². The van der Waals surface area contributed by atoms with Crippen LogP contribution in [0.25, 0.3) is 0 Å². The molecule has 0 aromatic heterocycles. The van der Waals surface area contributed by atoms with Crippen LogP contribution in [-0.4, -0.2) is 11.1 Å². The fourth-order valence-corrected chi connectivity index (χ4v) is 3.35. The average molecular weight is 238 g/mol. The van der Waals surface area contributed by atoms with Gasteiger partial charge in [0.2, 0.25) is 0 Å². The van der Waals surface area contributed by atoms with Crippen molar-refractivity contribution in [3.8, 4) is 0 Å². The van der Waals surface area contributed by atoms with E-state index < -0.39 is 23.5 Å². The summed E-state index contributed by atoms with van der Waals surface area (Å²) < 4.78 is 27.5. The zero-order chi connectivity index (χ0) is 12.3. The van der Waals surface area contributed by atoms with Gasteiger partial charge in [0.05, 0.1) is 5.92 Å². The minimum absolute atomic E-state index is 0.0219. The quantitative estimate of drug-likeness (QED) is 0.816. The first-order chi connectivity index (χ1) is 8.02. The molecule has 2 unspecified atom stereocenters. The normalized spacial score (nSPS) is 33.8. The molecule has 4 atom stereocenters. The van der Waals surface area contributed by atoms with E-state index in [0.717, 1.165) is 12.1 Å². The second-order valence-electron chi connectivity index (χ2n) is 5.05. The van der Waals surface area contributed by atoms with Crippen LogP contribution in [0.4, 0.5) is 8.78 Å². The van der Waals surface area contributed by atoms with Crippen molar-refractivity contribution >= 4 is 5.97 Å². The molecular formula is C13H12F2O2. The Labute approximate surface area is 97.3 Å². The summed E-state index contributed by atoms with van der Waals surface area (Å²) in [6.07, 6.45) is 0.634. The zero-order valence-corrected chi connectivity index (χ0v) is 9.28. The van der Waals surface area contributed by atoms with Crippen molar-refractivity contribution in [3.05, 3.63) is 34.9 Å². The van der Waals surface area contributed by atoms with E-state index in [2.05, 4.69) is 0 Å². The van der Waals surface area contributed by atoms with Crippen LogP contribution < -0.4 is 0 Å². The first kappa shape index (κ1) is 10.7. The van der Waals surface area contributed by atoms with Crippen LogP contribution in [0.1, 0.15) is 36.3 Å². The lowest BCUT2D eigenvalue weighted by molar-refractivity contribution is -0.139. The third kappa shape index (κ3) is 1.33. The van der Waals surface area contributed by atoms with Gasteiger partial charge in [-0.2, -0.15) is 0 Å². The van der Waals surface area contributed by atoms with Gasteiger partial charge in [-0.15, -0.1) is 0 Å². The minimum atomic E-state index is -0.899. The van der Waals surface area contributed by atoms with Gasteiger partial charge in [0.15, 0.2) is 0 Å². The molecule has 0 radical (unpaired) electrons. The van der Waals surface area contributed by atoms with Crippen molar-refractivity contribution in [1.29, 1.82) is 0 Å². The van der Waals surface area contributed by atoms with Crippen LogP contribution in [0.5, 0.6) is 0 Å². The summed E-state index contributed by atoms with van der Waals surface area (Å²) in [4.78, 5) is 11.0. The molecule has 0 amide bonds. The van der Waals surface area contributed by atoms with Crippen LogP contribution in [-0.2, 0) is 4.79 Å².